The fourth-order valence-corrected chi connectivity index (χ4v) is 2.56. The second kappa shape index (κ2) is 6.22. The molecule has 2 aromatic rings. The molecule has 0 spiro atoms. The van der Waals surface area contributed by atoms with E-state index in [0.717, 1.165) is 30.1 Å². The van der Waals surface area contributed by atoms with Crippen LogP contribution in [0.5, 0.6) is 0 Å². The quantitative estimate of drug-likeness (QED) is 0.913. The van der Waals surface area contributed by atoms with Crippen molar-refractivity contribution in [3.05, 3.63) is 52.3 Å². The molecule has 1 atom stereocenters. The Bertz CT molecular complexity index is 548. The van der Waals surface area contributed by atoms with E-state index in [2.05, 4.69) is 24.2 Å². The summed E-state index contributed by atoms with van der Waals surface area (Å²) in [6, 6.07) is 10.1. The minimum Gasteiger partial charge on any atom is -0.327 e. The second-order valence-corrected chi connectivity index (χ2v) is 5.33. The van der Waals surface area contributed by atoms with Crippen molar-refractivity contribution in [1.82, 2.24) is 9.78 Å². The molecule has 2 rings (SSSR count). The molecule has 0 aliphatic carbocycles. The monoisotopic (exact) mass is 277 g/mol. The van der Waals surface area contributed by atoms with E-state index in [1.165, 1.54) is 11.3 Å². The molecule has 2 N–H and O–H groups in total. The highest BCUT2D eigenvalue weighted by atomic mass is 35.5. The molecular formula is C15H20ClN3. The summed E-state index contributed by atoms with van der Waals surface area (Å²) in [5.74, 6) is 0. The molecule has 0 fully saturated rings. The van der Waals surface area contributed by atoms with Gasteiger partial charge in [-0.05, 0) is 44.0 Å². The first-order valence-electron chi connectivity index (χ1n) is 6.62. The van der Waals surface area contributed by atoms with E-state index >= 15 is 0 Å². The van der Waals surface area contributed by atoms with Gasteiger partial charge in [0.1, 0.15) is 0 Å². The maximum atomic E-state index is 6.24. The maximum absolute atomic E-state index is 6.24. The first-order valence-corrected chi connectivity index (χ1v) is 6.99. The minimum absolute atomic E-state index is 0.0832. The van der Waals surface area contributed by atoms with Crippen LogP contribution in [0, 0.1) is 6.92 Å². The van der Waals surface area contributed by atoms with Crippen LogP contribution in [-0.4, -0.2) is 15.8 Å². The van der Waals surface area contributed by atoms with Crippen molar-refractivity contribution in [1.29, 1.82) is 0 Å². The number of hydrogen-bond acceptors (Lipinski definition) is 2. The Labute approximate surface area is 119 Å². The minimum atomic E-state index is 0.0832. The summed E-state index contributed by atoms with van der Waals surface area (Å²) in [5.41, 5.74) is 9.67. The van der Waals surface area contributed by atoms with Crippen molar-refractivity contribution >= 4 is 11.6 Å². The third kappa shape index (κ3) is 3.82. The van der Waals surface area contributed by atoms with Crippen LogP contribution in [-0.2, 0) is 19.4 Å². The molecule has 19 heavy (non-hydrogen) atoms. The predicted octanol–water partition coefficient (Wildman–Crippen LogP) is 2.98. The Morgan fingerprint density at radius 2 is 2.11 bits per heavy atom. The SMILES string of the molecule is CCn1nc(C)cc1CC(N)Cc1cccc(Cl)c1. The molecule has 0 saturated carbocycles. The number of nitrogens with two attached hydrogens (primary N) is 1. The highest BCUT2D eigenvalue weighted by Crippen LogP contribution is 2.14. The molecule has 0 radical (unpaired) electrons. The summed E-state index contributed by atoms with van der Waals surface area (Å²) in [6.45, 7) is 4.99. The van der Waals surface area contributed by atoms with Crippen LogP contribution in [0.15, 0.2) is 30.3 Å². The fraction of sp³-hybridized carbons (Fsp3) is 0.400. The Morgan fingerprint density at radius 1 is 1.32 bits per heavy atom. The lowest BCUT2D eigenvalue weighted by Gasteiger charge is -2.12. The largest absolute Gasteiger partial charge is 0.327 e. The van der Waals surface area contributed by atoms with Crippen molar-refractivity contribution in [2.75, 3.05) is 0 Å². The smallest absolute Gasteiger partial charge is 0.0596 e. The maximum Gasteiger partial charge on any atom is 0.0596 e. The zero-order valence-electron chi connectivity index (χ0n) is 11.4. The van der Waals surface area contributed by atoms with Crippen LogP contribution in [0.2, 0.25) is 5.02 Å². The molecule has 1 unspecified atom stereocenters. The van der Waals surface area contributed by atoms with Crippen LogP contribution in [0.25, 0.3) is 0 Å². The molecule has 0 aliphatic heterocycles. The van der Waals surface area contributed by atoms with Gasteiger partial charge < -0.3 is 5.73 Å². The summed E-state index contributed by atoms with van der Waals surface area (Å²) in [5, 5.41) is 5.21. The lowest BCUT2D eigenvalue weighted by Crippen LogP contribution is -2.26. The molecule has 0 bridgehead atoms. The first-order chi connectivity index (χ1) is 9.08. The molecule has 4 heteroatoms. The molecule has 1 aromatic heterocycles. The van der Waals surface area contributed by atoms with Gasteiger partial charge in [-0.25, -0.2) is 0 Å². The Balaban J connectivity index is 2.02. The fourth-order valence-electron chi connectivity index (χ4n) is 2.34. The zero-order valence-corrected chi connectivity index (χ0v) is 12.2. The molecule has 102 valence electrons. The molecule has 3 nitrogen and oxygen atoms in total. The number of hydrogen-bond donors (Lipinski definition) is 1. The van der Waals surface area contributed by atoms with Gasteiger partial charge in [0.05, 0.1) is 5.69 Å². The van der Waals surface area contributed by atoms with Gasteiger partial charge >= 0.3 is 0 Å². The number of aromatic nitrogens is 2. The van der Waals surface area contributed by atoms with Gasteiger partial charge in [0, 0.05) is 29.7 Å². The number of rotatable bonds is 5. The molecular weight excluding hydrogens is 258 g/mol. The highest BCUT2D eigenvalue weighted by molar-refractivity contribution is 6.30. The molecule has 1 heterocycles. The van der Waals surface area contributed by atoms with Gasteiger partial charge in [-0.15, -0.1) is 0 Å². The summed E-state index contributed by atoms with van der Waals surface area (Å²) < 4.78 is 2.02. The van der Waals surface area contributed by atoms with E-state index in [1.807, 2.05) is 29.8 Å². The second-order valence-electron chi connectivity index (χ2n) is 4.89. The van der Waals surface area contributed by atoms with Crippen LogP contribution < -0.4 is 5.73 Å². The first kappa shape index (κ1) is 14.1. The van der Waals surface area contributed by atoms with E-state index in [9.17, 15) is 0 Å². The lowest BCUT2D eigenvalue weighted by molar-refractivity contribution is 0.574. The van der Waals surface area contributed by atoms with Crippen molar-refractivity contribution < 1.29 is 0 Å². The number of nitrogens with zero attached hydrogens (tertiary/aromatic N) is 2. The van der Waals surface area contributed by atoms with Crippen LogP contribution in [0.4, 0.5) is 0 Å². The highest BCUT2D eigenvalue weighted by Gasteiger charge is 2.10. The Hall–Kier alpha value is -1.32. The average Bonchev–Trinajstić information content (AvgIpc) is 2.69. The zero-order chi connectivity index (χ0) is 13.8. The summed E-state index contributed by atoms with van der Waals surface area (Å²) in [4.78, 5) is 0. The average molecular weight is 278 g/mol. The summed E-state index contributed by atoms with van der Waals surface area (Å²) >= 11 is 5.98. The van der Waals surface area contributed by atoms with Crippen molar-refractivity contribution in [2.24, 2.45) is 5.73 Å². The van der Waals surface area contributed by atoms with E-state index in [-0.39, 0.29) is 6.04 Å². The van der Waals surface area contributed by atoms with Crippen molar-refractivity contribution in [2.45, 2.75) is 39.3 Å². The number of benzene rings is 1. The molecule has 1 aromatic carbocycles. The molecule has 0 saturated heterocycles. The van der Waals surface area contributed by atoms with E-state index in [0.29, 0.717) is 0 Å². The molecule has 0 aliphatic rings. The third-order valence-electron chi connectivity index (χ3n) is 3.14. The topological polar surface area (TPSA) is 43.8 Å². The van der Waals surface area contributed by atoms with E-state index in [1.54, 1.807) is 0 Å². The number of aryl methyl sites for hydroxylation is 2. The standard InChI is InChI=1S/C15H20ClN3/c1-3-19-15(7-11(2)18-19)10-14(17)9-12-5-4-6-13(16)8-12/h4-8,14H,3,9-10,17H2,1-2H3. The summed E-state index contributed by atoms with van der Waals surface area (Å²) in [7, 11) is 0. The van der Waals surface area contributed by atoms with Crippen LogP contribution in [0.3, 0.4) is 0 Å². The van der Waals surface area contributed by atoms with Gasteiger partial charge in [-0.3, -0.25) is 4.68 Å². The summed E-state index contributed by atoms with van der Waals surface area (Å²) in [6.07, 6.45) is 1.66. The third-order valence-corrected chi connectivity index (χ3v) is 3.38. The lowest BCUT2D eigenvalue weighted by atomic mass is 10.0. The Kier molecular flexibility index (Phi) is 4.61. The normalized spacial score (nSPS) is 12.6. The van der Waals surface area contributed by atoms with Gasteiger partial charge in [-0.2, -0.15) is 5.10 Å². The van der Waals surface area contributed by atoms with E-state index in [4.69, 9.17) is 17.3 Å². The van der Waals surface area contributed by atoms with Crippen LogP contribution in [0.1, 0.15) is 23.9 Å². The van der Waals surface area contributed by atoms with Crippen LogP contribution >= 0.6 is 11.6 Å². The van der Waals surface area contributed by atoms with Crippen molar-refractivity contribution in [3.63, 3.8) is 0 Å². The van der Waals surface area contributed by atoms with Gasteiger partial charge in [0.2, 0.25) is 0 Å². The van der Waals surface area contributed by atoms with Crippen molar-refractivity contribution in [3.8, 4) is 0 Å². The molecule has 0 amide bonds. The Morgan fingerprint density at radius 3 is 2.79 bits per heavy atom. The van der Waals surface area contributed by atoms with E-state index < -0.39 is 0 Å². The van der Waals surface area contributed by atoms with Gasteiger partial charge in [-0.1, -0.05) is 23.7 Å². The predicted molar refractivity (Wildman–Crippen MR) is 79.5 cm³/mol. The van der Waals surface area contributed by atoms with Gasteiger partial charge in [0.15, 0.2) is 0 Å². The number of halogens is 1. The van der Waals surface area contributed by atoms with Gasteiger partial charge in [0.25, 0.3) is 0 Å².